The average molecular weight is 322 g/mol. The van der Waals surface area contributed by atoms with E-state index in [1.165, 1.54) is 32.1 Å². The maximum Gasteiger partial charge on any atom is 0.309 e. The van der Waals surface area contributed by atoms with Crippen LogP contribution in [0.15, 0.2) is 0 Å². The Morgan fingerprint density at radius 2 is 1.70 bits per heavy atom. The van der Waals surface area contributed by atoms with Gasteiger partial charge in [0.1, 0.15) is 5.60 Å². The normalized spacial score (nSPS) is 39.4. The minimum absolute atomic E-state index is 0.0306. The number of carbonyl (C=O) groups excluding carboxylic acids is 1. The van der Waals surface area contributed by atoms with E-state index in [-0.39, 0.29) is 17.5 Å². The van der Waals surface area contributed by atoms with E-state index >= 15 is 0 Å². The Morgan fingerprint density at radius 3 is 2.22 bits per heavy atom. The smallest absolute Gasteiger partial charge is 0.309 e. The zero-order valence-corrected chi connectivity index (χ0v) is 15.2. The lowest BCUT2D eigenvalue weighted by Gasteiger charge is -2.60. The van der Waals surface area contributed by atoms with Gasteiger partial charge in [-0.1, -0.05) is 13.8 Å². The summed E-state index contributed by atoms with van der Waals surface area (Å²) in [4.78, 5) is 12.6. The number of ether oxygens (including phenoxy) is 2. The van der Waals surface area contributed by atoms with Crippen molar-refractivity contribution < 1.29 is 14.3 Å². The van der Waals surface area contributed by atoms with Gasteiger partial charge in [0.05, 0.1) is 5.92 Å². The lowest BCUT2D eigenvalue weighted by Crippen LogP contribution is -2.60. The summed E-state index contributed by atoms with van der Waals surface area (Å²) in [6, 6.07) is 0. The Labute approximate surface area is 141 Å². The largest absolute Gasteiger partial charge is 0.458 e. The first-order valence-corrected chi connectivity index (χ1v) is 9.80. The number of unbranched alkanes of at least 4 members (excludes halogenated alkanes) is 1. The number of hydrogen-bond acceptors (Lipinski definition) is 3. The van der Waals surface area contributed by atoms with Crippen LogP contribution in [0, 0.1) is 29.6 Å². The first kappa shape index (κ1) is 17.3. The Balaban J connectivity index is 1.75. The van der Waals surface area contributed by atoms with E-state index in [0.29, 0.717) is 11.8 Å². The van der Waals surface area contributed by atoms with Crippen LogP contribution in [-0.2, 0) is 14.3 Å². The molecule has 1 unspecified atom stereocenters. The predicted molar refractivity (Wildman–Crippen MR) is 91.1 cm³/mol. The van der Waals surface area contributed by atoms with Crippen molar-refractivity contribution in [3.8, 4) is 0 Å². The third kappa shape index (κ3) is 3.31. The van der Waals surface area contributed by atoms with Crippen molar-refractivity contribution >= 4 is 5.97 Å². The van der Waals surface area contributed by atoms with Crippen molar-refractivity contribution in [3.05, 3.63) is 0 Å². The highest BCUT2D eigenvalue weighted by atomic mass is 16.6. The van der Waals surface area contributed by atoms with Gasteiger partial charge in [-0.05, 0) is 81.5 Å². The third-order valence-electron chi connectivity index (χ3n) is 6.99. The highest BCUT2D eigenvalue weighted by Gasteiger charge is 2.59. The minimum atomic E-state index is -0.151. The van der Waals surface area contributed by atoms with Crippen LogP contribution >= 0.6 is 0 Å². The van der Waals surface area contributed by atoms with Gasteiger partial charge >= 0.3 is 5.97 Å². The molecule has 4 bridgehead atoms. The first-order valence-electron chi connectivity index (χ1n) is 9.80. The Morgan fingerprint density at radius 1 is 1.09 bits per heavy atom. The highest BCUT2D eigenvalue weighted by Crippen LogP contribution is 2.61. The standard InChI is InChI=1S/C20H34O3/c1-4-14(2)19(21)23-20(7-5-6-8-22-3)17-10-15-9-16(12-17)13-18(20)11-15/h14-18H,4-13H2,1-3H3. The topological polar surface area (TPSA) is 35.5 Å². The van der Waals surface area contributed by atoms with Crippen LogP contribution in [0.3, 0.4) is 0 Å². The molecule has 0 aromatic heterocycles. The van der Waals surface area contributed by atoms with Gasteiger partial charge in [0.15, 0.2) is 0 Å². The molecule has 0 saturated heterocycles. The van der Waals surface area contributed by atoms with Crippen LogP contribution in [0.2, 0.25) is 0 Å². The van der Waals surface area contributed by atoms with Gasteiger partial charge in [0.25, 0.3) is 0 Å². The van der Waals surface area contributed by atoms with Crippen molar-refractivity contribution in [2.75, 3.05) is 13.7 Å². The molecule has 3 nitrogen and oxygen atoms in total. The summed E-state index contributed by atoms with van der Waals surface area (Å²) in [5.74, 6) is 3.14. The van der Waals surface area contributed by atoms with E-state index in [4.69, 9.17) is 9.47 Å². The summed E-state index contributed by atoms with van der Waals surface area (Å²) in [5.41, 5.74) is -0.151. The second-order valence-corrected chi connectivity index (χ2v) is 8.44. The number of hydrogen-bond donors (Lipinski definition) is 0. The molecule has 3 heteroatoms. The molecule has 0 amide bonds. The molecular formula is C20H34O3. The first-order chi connectivity index (χ1) is 11.1. The minimum Gasteiger partial charge on any atom is -0.458 e. The molecule has 1 atom stereocenters. The highest BCUT2D eigenvalue weighted by molar-refractivity contribution is 5.72. The maximum absolute atomic E-state index is 12.6. The molecule has 4 fully saturated rings. The van der Waals surface area contributed by atoms with Crippen LogP contribution in [0.4, 0.5) is 0 Å². The summed E-state index contributed by atoms with van der Waals surface area (Å²) in [6.45, 7) is 4.90. The van der Waals surface area contributed by atoms with Gasteiger partial charge in [0.2, 0.25) is 0 Å². The van der Waals surface area contributed by atoms with Crippen molar-refractivity contribution in [1.82, 2.24) is 0 Å². The van der Waals surface area contributed by atoms with Gasteiger partial charge in [-0.25, -0.2) is 0 Å². The van der Waals surface area contributed by atoms with Gasteiger partial charge in [-0.2, -0.15) is 0 Å². The summed E-state index contributed by atoms with van der Waals surface area (Å²) >= 11 is 0. The van der Waals surface area contributed by atoms with E-state index < -0.39 is 0 Å². The molecule has 23 heavy (non-hydrogen) atoms. The fourth-order valence-electron chi connectivity index (χ4n) is 5.71. The van der Waals surface area contributed by atoms with Crippen LogP contribution in [0.5, 0.6) is 0 Å². The molecule has 132 valence electrons. The van der Waals surface area contributed by atoms with Gasteiger partial charge in [-0.3, -0.25) is 4.79 Å². The second-order valence-electron chi connectivity index (χ2n) is 8.44. The molecule has 0 heterocycles. The van der Waals surface area contributed by atoms with E-state index in [0.717, 1.165) is 44.1 Å². The quantitative estimate of drug-likeness (QED) is 0.484. The van der Waals surface area contributed by atoms with Gasteiger partial charge < -0.3 is 9.47 Å². The summed E-state index contributed by atoms with van der Waals surface area (Å²) in [5, 5.41) is 0. The Bertz CT molecular complexity index is 389. The monoisotopic (exact) mass is 322 g/mol. The van der Waals surface area contributed by atoms with E-state index in [9.17, 15) is 4.79 Å². The molecule has 4 saturated carbocycles. The molecule has 0 aliphatic heterocycles. The van der Waals surface area contributed by atoms with Crippen LogP contribution in [0.1, 0.15) is 71.6 Å². The number of rotatable bonds is 8. The Hall–Kier alpha value is -0.570. The van der Waals surface area contributed by atoms with Crippen molar-refractivity contribution in [2.45, 2.75) is 77.2 Å². The fraction of sp³-hybridized carbons (Fsp3) is 0.950. The Kier molecular flexibility index (Phi) is 5.35. The molecule has 0 radical (unpaired) electrons. The molecule has 0 aromatic carbocycles. The number of methoxy groups -OCH3 is 1. The fourth-order valence-corrected chi connectivity index (χ4v) is 5.71. The number of carbonyl (C=O) groups is 1. The van der Waals surface area contributed by atoms with Crippen molar-refractivity contribution in [3.63, 3.8) is 0 Å². The van der Waals surface area contributed by atoms with Crippen LogP contribution in [0.25, 0.3) is 0 Å². The van der Waals surface area contributed by atoms with Gasteiger partial charge in [0, 0.05) is 13.7 Å². The van der Waals surface area contributed by atoms with Crippen LogP contribution in [-0.4, -0.2) is 25.3 Å². The lowest BCUT2D eigenvalue weighted by atomic mass is 9.49. The molecule has 4 aliphatic rings. The molecule has 4 aliphatic carbocycles. The molecule has 0 aromatic rings. The lowest BCUT2D eigenvalue weighted by molar-refractivity contribution is -0.215. The third-order valence-corrected chi connectivity index (χ3v) is 6.99. The zero-order chi connectivity index (χ0) is 16.4. The molecule has 0 N–H and O–H groups in total. The predicted octanol–water partition coefficient (Wildman–Crippen LogP) is 4.59. The zero-order valence-electron chi connectivity index (χ0n) is 15.2. The summed E-state index contributed by atoms with van der Waals surface area (Å²) < 4.78 is 11.6. The van der Waals surface area contributed by atoms with E-state index in [1.54, 1.807) is 7.11 Å². The SMILES string of the molecule is CCC(C)C(=O)OC1(CCCCOC)C2CC3CC(C2)CC1C3. The molecular weight excluding hydrogens is 288 g/mol. The maximum atomic E-state index is 12.6. The molecule has 4 rings (SSSR count). The second kappa shape index (κ2) is 7.13. The van der Waals surface area contributed by atoms with Crippen LogP contribution < -0.4 is 0 Å². The van der Waals surface area contributed by atoms with Crippen molar-refractivity contribution in [2.24, 2.45) is 29.6 Å². The van der Waals surface area contributed by atoms with Crippen molar-refractivity contribution in [1.29, 1.82) is 0 Å². The summed E-state index contributed by atoms with van der Waals surface area (Å²) in [6.07, 6.45) is 10.7. The average Bonchev–Trinajstić information content (AvgIpc) is 2.54. The summed E-state index contributed by atoms with van der Waals surface area (Å²) in [7, 11) is 1.77. The van der Waals surface area contributed by atoms with E-state index in [2.05, 4.69) is 6.92 Å². The molecule has 0 spiro atoms. The number of esters is 1. The van der Waals surface area contributed by atoms with E-state index in [1.807, 2.05) is 6.92 Å². The van der Waals surface area contributed by atoms with Gasteiger partial charge in [-0.15, -0.1) is 0 Å².